The normalized spacial score (nSPS) is 5.36. The van der Waals surface area contributed by atoms with Gasteiger partial charge in [-0.25, -0.2) is 0 Å². The monoisotopic (exact) mass is 266 g/mol. The van der Waals surface area contributed by atoms with Crippen molar-refractivity contribution in [3.63, 3.8) is 0 Å². The summed E-state index contributed by atoms with van der Waals surface area (Å²) in [7, 11) is -5.39. The van der Waals surface area contributed by atoms with E-state index in [0.717, 1.165) is 0 Å². The van der Waals surface area contributed by atoms with Gasteiger partial charge in [0.05, 0.1) is 0 Å². The fraction of sp³-hybridized carbons (Fsp3) is 0. The van der Waals surface area contributed by atoms with Gasteiger partial charge in [0.25, 0.3) is 0 Å². The molecule has 3 radical (unpaired) electrons. The molecule has 0 heterocycles. The van der Waals surface area contributed by atoms with Gasteiger partial charge in [0, 0.05) is 154 Å². The van der Waals surface area contributed by atoms with Crippen molar-refractivity contribution in [3.05, 3.63) is 0 Å². The van der Waals surface area contributed by atoms with Crippen LogP contribution in [0.25, 0.3) is 0 Å². The summed E-state index contributed by atoms with van der Waals surface area (Å²) in [5, 5.41) is 0. The SMILES string of the molecule is O.O.O.O=P([O-])([O-])[O-].[K].[K].[K]. The zero-order valence-corrected chi connectivity index (χ0v) is 16.8. The molecule has 11 heavy (non-hydrogen) atoms. The van der Waals surface area contributed by atoms with Gasteiger partial charge in [-0.05, 0) is 0 Å². The molecule has 0 saturated heterocycles. The Labute approximate surface area is 192 Å². The third-order valence-electron chi connectivity index (χ3n) is 0. The Morgan fingerprint density at radius 2 is 0.727 bits per heavy atom. The van der Waals surface area contributed by atoms with Crippen molar-refractivity contribution in [2.24, 2.45) is 0 Å². The predicted molar refractivity (Wildman–Crippen MR) is 35.7 cm³/mol. The Hall–Kier alpha value is 4.90. The zero-order chi connectivity index (χ0) is 4.50. The fourth-order valence-corrected chi connectivity index (χ4v) is 0. The van der Waals surface area contributed by atoms with E-state index < -0.39 is 7.82 Å². The van der Waals surface area contributed by atoms with Crippen molar-refractivity contribution >= 4 is 162 Å². The molecule has 0 aromatic carbocycles. The van der Waals surface area contributed by atoms with Gasteiger partial charge < -0.3 is 35.7 Å². The Balaban J connectivity index is -0.00000000533. The minimum Gasteiger partial charge on any atom is -0.822 e. The first-order valence-corrected chi connectivity index (χ1v) is 2.19. The summed E-state index contributed by atoms with van der Waals surface area (Å²) in [4.78, 5) is 25.6. The molecule has 0 aliphatic rings. The van der Waals surface area contributed by atoms with Gasteiger partial charge in [0.1, 0.15) is 0 Å². The van der Waals surface area contributed by atoms with Crippen LogP contribution >= 0.6 is 7.82 Å². The summed E-state index contributed by atoms with van der Waals surface area (Å²) in [5.74, 6) is 0. The van der Waals surface area contributed by atoms with Crippen molar-refractivity contribution < 1.29 is 35.7 Å². The van der Waals surface area contributed by atoms with E-state index in [0.29, 0.717) is 0 Å². The Bertz CT molecular complexity index is 59.8. The maximum Gasteiger partial charge on any atom is 0 e. The number of phosphoric acid groups is 1. The molecular formula is H6K3O7P-3. The van der Waals surface area contributed by atoms with Crippen molar-refractivity contribution in [2.45, 2.75) is 0 Å². The molecule has 0 aromatic rings. The van der Waals surface area contributed by atoms with E-state index in [1.54, 1.807) is 0 Å². The van der Waals surface area contributed by atoms with Crippen LogP contribution in [0.1, 0.15) is 0 Å². The Morgan fingerprint density at radius 3 is 0.727 bits per heavy atom. The van der Waals surface area contributed by atoms with Crippen molar-refractivity contribution in [3.8, 4) is 0 Å². The molecule has 0 fully saturated rings. The minimum absolute atomic E-state index is 0. The van der Waals surface area contributed by atoms with Gasteiger partial charge >= 0.3 is 0 Å². The first kappa shape index (κ1) is 44.6. The van der Waals surface area contributed by atoms with Crippen molar-refractivity contribution in [2.75, 3.05) is 0 Å². The average molecular weight is 266 g/mol. The second-order valence-corrected chi connectivity index (χ2v) is 1.34. The van der Waals surface area contributed by atoms with Crippen LogP contribution < -0.4 is 14.7 Å². The molecule has 0 aliphatic carbocycles. The third-order valence-corrected chi connectivity index (χ3v) is 0. The summed E-state index contributed by atoms with van der Waals surface area (Å²) in [6.07, 6.45) is 0. The Kier molecular flexibility index (Phi) is 98.2. The molecule has 0 saturated carbocycles. The standard InChI is InChI=1S/3K.H3O4P.3H2O/c;;;1-5(2,3)4;;;/h;;;(H3,1,2,3,4);3*1H2/p-3. The molecule has 0 rings (SSSR count). The number of rotatable bonds is 0. The summed E-state index contributed by atoms with van der Waals surface area (Å²) in [6.45, 7) is 0. The van der Waals surface area contributed by atoms with Gasteiger partial charge in [0.2, 0.25) is 0 Å². The maximum atomic E-state index is 8.55. The van der Waals surface area contributed by atoms with Gasteiger partial charge in [-0.2, -0.15) is 7.82 Å². The minimum atomic E-state index is -5.39. The molecule has 0 amide bonds. The van der Waals surface area contributed by atoms with Gasteiger partial charge in [0.15, 0.2) is 0 Å². The Morgan fingerprint density at radius 1 is 0.727 bits per heavy atom. The second kappa shape index (κ2) is 24.2. The predicted octanol–water partition coefficient (Wildman–Crippen LogP) is -6.44. The summed E-state index contributed by atoms with van der Waals surface area (Å²) in [5.41, 5.74) is 0. The summed E-state index contributed by atoms with van der Waals surface area (Å²) < 4.78 is 8.55. The quantitative estimate of drug-likeness (QED) is 0.312. The molecule has 6 N–H and O–H groups in total. The fourth-order valence-electron chi connectivity index (χ4n) is 0. The molecule has 0 aromatic heterocycles. The molecule has 0 atom stereocenters. The van der Waals surface area contributed by atoms with Gasteiger partial charge in [-0.3, -0.25) is 0 Å². The van der Waals surface area contributed by atoms with Crippen molar-refractivity contribution in [1.82, 2.24) is 0 Å². The van der Waals surface area contributed by atoms with Crippen LogP contribution in [0.2, 0.25) is 0 Å². The summed E-state index contributed by atoms with van der Waals surface area (Å²) >= 11 is 0. The average Bonchev–Trinajstić information content (AvgIpc) is 0.722. The van der Waals surface area contributed by atoms with Gasteiger partial charge in [-0.15, -0.1) is 0 Å². The van der Waals surface area contributed by atoms with Crippen LogP contribution in [-0.4, -0.2) is 171 Å². The summed E-state index contributed by atoms with van der Waals surface area (Å²) in [6, 6.07) is 0. The topological polar surface area (TPSA) is 181 Å². The number of hydrogen-bond donors (Lipinski definition) is 0. The van der Waals surface area contributed by atoms with E-state index in [1.807, 2.05) is 0 Å². The first-order valence-electron chi connectivity index (χ1n) is 0.730. The van der Waals surface area contributed by atoms with Crippen LogP contribution in [0.15, 0.2) is 0 Å². The van der Waals surface area contributed by atoms with Crippen LogP contribution in [0.3, 0.4) is 0 Å². The van der Waals surface area contributed by atoms with E-state index >= 15 is 0 Å². The van der Waals surface area contributed by atoms with E-state index in [-0.39, 0.29) is 171 Å². The molecule has 0 bridgehead atoms. The first-order chi connectivity index (χ1) is 2.00. The van der Waals surface area contributed by atoms with Crippen LogP contribution in [0, 0.1) is 0 Å². The molecule has 0 aliphatic heterocycles. The van der Waals surface area contributed by atoms with Gasteiger partial charge in [-0.1, -0.05) is 0 Å². The maximum absolute atomic E-state index is 8.55. The van der Waals surface area contributed by atoms with E-state index in [9.17, 15) is 0 Å². The third kappa shape index (κ3) is 103. The van der Waals surface area contributed by atoms with Crippen LogP contribution in [-0.2, 0) is 4.57 Å². The largest absolute Gasteiger partial charge is 0.822 e. The van der Waals surface area contributed by atoms with E-state index in [1.165, 1.54) is 0 Å². The second-order valence-electron chi connectivity index (χ2n) is 0.447. The molecule has 0 unspecified atom stereocenters. The van der Waals surface area contributed by atoms with E-state index in [4.69, 9.17) is 19.2 Å². The smallest absolute Gasteiger partial charge is 0 e. The molecule has 7 nitrogen and oxygen atoms in total. The van der Waals surface area contributed by atoms with Crippen LogP contribution in [0.5, 0.6) is 0 Å². The van der Waals surface area contributed by atoms with Crippen LogP contribution in [0.4, 0.5) is 0 Å². The molecular weight excluding hydrogens is 260 g/mol. The molecule has 59 valence electrons. The van der Waals surface area contributed by atoms with Crippen molar-refractivity contribution in [1.29, 1.82) is 0 Å². The molecule has 11 heteroatoms. The number of hydrogen-bond acceptors (Lipinski definition) is 4. The van der Waals surface area contributed by atoms with E-state index in [2.05, 4.69) is 0 Å². The zero-order valence-electron chi connectivity index (χ0n) is 6.58. The molecule has 0 spiro atoms.